The fourth-order valence-corrected chi connectivity index (χ4v) is 7.50. The number of nitrogens with one attached hydrogen (secondary N) is 3. The smallest absolute Gasteiger partial charge is 0.253 e. The summed E-state index contributed by atoms with van der Waals surface area (Å²) in [6.07, 6.45) is 1.90. The number of benzene rings is 3. The van der Waals surface area contributed by atoms with Crippen molar-refractivity contribution in [1.29, 1.82) is 0 Å². The topological polar surface area (TPSA) is 128 Å². The van der Waals surface area contributed by atoms with E-state index < -0.39 is 11.8 Å². The molecule has 3 aromatic rings. The third-order valence-corrected chi connectivity index (χ3v) is 10.5. The molecule has 3 N–H and O–H groups in total. The summed E-state index contributed by atoms with van der Waals surface area (Å²) >= 11 is 0. The zero-order valence-electron chi connectivity index (χ0n) is 27.7. The van der Waals surface area contributed by atoms with Gasteiger partial charge in [0.1, 0.15) is 0 Å². The molecular weight excluding hydrogens is 618 g/mol. The molecule has 2 aliphatic carbocycles. The van der Waals surface area contributed by atoms with E-state index in [-0.39, 0.29) is 78.9 Å². The van der Waals surface area contributed by atoms with Crippen LogP contribution in [0.2, 0.25) is 0 Å². The zero-order chi connectivity index (χ0) is 34.1. The summed E-state index contributed by atoms with van der Waals surface area (Å²) in [5, 5.41) is 9.15. The minimum atomic E-state index is -0.659. The van der Waals surface area contributed by atoms with Crippen LogP contribution in [0.4, 0.5) is 0 Å². The quantitative estimate of drug-likeness (QED) is 0.291. The predicted octanol–water partition coefficient (Wildman–Crippen LogP) is 3.20. The van der Waals surface area contributed by atoms with Crippen LogP contribution >= 0.6 is 0 Å². The van der Waals surface area contributed by atoms with Crippen LogP contribution in [-0.2, 0) is 25.7 Å². The molecule has 4 fully saturated rings. The molecule has 7 atom stereocenters. The van der Waals surface area contributed by atoms with E-state index in [1.807, 2.05) is 55.5 Å². The van der Waals surface area contributed by atoms with E-state index in [0.29, 0.717) is 25.2 Å². The van der Waals surface area contributed by atoms with E-state index in [1.165, 1.54) is 11.1 Å². The number of hydrogen-bond donors (Lipinski definition) is 3. The Kier molecular flexibility index (Phi) is 9.21. The van der Waals surface area contributed by atoms with Crippen molar-refractivity contribution in [3.05, 3.63) is 107 Å². The van der Waals surface area contributed by atoms with Gasteiger partial charge in [-0.2, -0.15) is 0 Å². The minimum absolute atomic E-state index is 0.0144. The summed E-state index contributed by atoms with van der Waals surface area (Å²) in [6, 6.07) is 27.3. The molecule has 2 saturated carbocycles. The van der Waals surface area contributed by atoms with Crippen molar-refractivity contribution in [3.63, 3.8) is 0 Å². The molecule has 1 unspecified atom stereocenters. The number of likely N-dealkylation sites (tertiary alicyclic amines) is 2. The Hall–Kier alpha value is -4.99. The summed E-state index contributed by atoms with van der Waals surface area (Å²) in [7, 11) is 0. The molecule has 0 aromatic heterocycles. The van der Waals surface area contributed by atoms with Crippen LogP contribution in [0.25, 0.3) is 0 Å². The molecule has 0 radical (unpaired) electrons. The van der Waals surface area contributed by atoms with Crippen LogP contribution in [0.1, 0.15) is 65.1 Å². The van der Waals surface area contributed by atoms with Crippen molar-refractivity contribution in [2.24, 2.45) is 17.8 Å². The van der Waals surface area contributed by atoms with Gasteiger partial charge in [0.25, 0.3) is 5.91 Å². The normalized spacial score (nSPS) is 27.0. The maximum atomic E-state index is 13.8. The number of nitrogens with zero attached hydrogens (tertiary/aromatic N) is 2. The molecule has 0 spiro atoms. The summed E-state index contributed by atoms with van der Waals surface area (Å²) in [5.74, 6) is -1.96. The standard InChI is InChI=1S/C39H43N5O5/c1-2-40-36(46)28-17-35(45)43(21-28)20-24-13-15-27(16-14-24)39(49)44-22-31(37(47)41-33-18-29(33)25-9-5-3-6-10-25)32(23-44)38(48)42-34-19-30(34)26-11-7-4-8-12-26/h3-16,28-34H,2,17-23H2,1H3,(H,40,46)(H,41,47)(H,42,48)/t28?,29-,30-,31-,32-,33+,34+/m1/s1. The second-order valence-corrected chi connectivity index (χ2v) is 13.9. The Bertz CT molecular complexity index is 1640. The van der Waals surface area contributed by atoms with Crippen molar-refractivity contribution in [1.82, 2.24) is 25.8 Å². The molecule has 254 valence electrons. The third kappa shape index (κ3) is 7.23. The highest BCUT2D eigenvalue weighted by Gasteiger charge is 2.49. The van der Waals surface area contributed by atoms with Gasteiger partial charge in [0.05, 0.1) is 17.8 Å². The molecule has 0 bridgehead atoms. The Balaban J connectivity index is 1.00. The van der Waals surface area contributed by atoms with Gasteiger partial charge in [0.15, 0.2) is 0 Å². The first kappa shape index (κ1) is 32.6. The number of hydrogen-bond acceptors (Lipinski definition) is 5. The van der Waals surface area contributed by atoms with Gasteiger partial charge in [-0.25, -0.2) is 0 Å². The van der Waals surface area contributed by atoms with Gasteiger partial charge in [-0.3, -0.25) is 24.0 Å². The second kappa shape index (κ2) is 13.9. The predicted molar refractivity (Wildman–Crippen MR) is 183 cm³/mol. The van der Waals surface area contributed by atoms with Gasteiger partial charge in [0.2, 0.25) is 23.6 Å². The fourth-order valence-electron chi connectivity index (χ4n) is 7.50. The van der Waals surface area contributed by atoms with Crippen molar-refractivity contribution >= 4 is 29.5 Å². The SMILES string of the molecule is CCNC(=O)C1CC(=O)N(Cc2ccc(C(=O)N3C[C@@H](C(=O)N[C@H]4C[C@@H]4c4ccccc4)[C@H](C(=O)N[C@H]4C[C@@H]4c4ccccc4)C3)cc2)C1. The number of amides is 5. The van der Waals surface area contributed by atoms with Gasteiger partial charge < -0.3 is 25.8 Å². The van der Waals surface area contributed by atoms with Crippen molar-refractivity contribution in [2.75, 3.05) is 26.2 Å². The number of carbonyl (C=O) groups excluding carboxylic acids is 5. The highest BCUT2D eigenvalue weighted by atomic mass is 16.2. The molecule has 2 heterocycles. The van der Waals surface area contributed by atoms with Crippen molar-refractivity contribution < 1.29 is 24.0 Å². The van der Waals surface area contributed by atoms with Gasteiger partial charge in [-0.1, -0.05) is 72.8 Å². The lowest BCUT2D eigenvalue weighted by Crippen LogP contribution is -2.43. The zero-order valence-corrected chi connectivity index (χ0v) is 27.7. The minimum Gasteiger partial charge on any atom is -0.356 e. The lowest BCUT2D eigenvalue weighted by molar-refractivity contribution is -0.133. The van der Waals surface area contributed by atoms with E-state index >= 15 is 0 Å². The maximum Gasteiger partial charge on any atom is 0.253 e. The molecule has 10 heteroatoms. The molecule has 2 saturated heterocycles. The average Bonchev–Trinajstić information content (AvgIpc) is 3.98. The van der Waals surface area contributed by atoms with Gasteiger partial charge in [0, 0.05) is 68.6 Å². The molecule has 7 rings (SSSR count). The first-order chi connectivity index (χ1) is 23.8. The Labute approximate surface area is 286 Å². The first-order valence-electron chi connectivity index (χ1n) is 17.4. The Morgan fingerprint density at radius 3 is 1.73 bits per heavy atom. The summed E-state index contributed by atoms with van der Waals surface area (Å²) in [6.45, 7) is 3.41. The molecule has 49 heavy (non-hydrogen) atoms. The van der Waals surface area contributed by atoms with Gasteiger partial charge in [-0.05, 0) is 48.6 Å². The van der Waals surface area contributed by atoms with Gasteiger partial charge >= 0.3 is 0 Å². The molecule has 5 amide bonds. The number of carbonyl (C=O) groups is 5. The molecular formula is C39H43N5O5. The van der Waals surface area contributed by atoms with Gasteiger partial charge in [-0.15, -0.1) is 0 Å². The van der Waals surface area contributed by atoms with E-state index in [1.54, 1.807) is 21.9 Å². The summed E-state index contributed by atoms with van der Waals surface area (Å²) in [5.41, 5.74) is 3.68. The van der Waals surface area contributed by atoms with Crippen molar-refractivity contribution in [2.45, 2.75) is 56.7 Å². The monoisotopic (exact) mass is 661 g/mol. The average molecular weight is 662 g/mol. The molecule has 4 aliphatic rings. The molecule has 3 aromatic carbocycles. The fraction of sp³-hybridized carbons (Fsp3) is 0.410. The summed E-state index contributed by atoms with van der Waals surface area (Å²) in [4.78, 5) is 69.3. The maximum absolute atomic E-state index is 13.8. The highest BCUT2D eigenvalue weighted by Crippen LogP contribution is 2.42. The second-order valence-electron chi connectivity index (χ2n) is 13.9. The first-order valence-corrected chi connectivity index (χ1v) is 17.4. The lowest BCUT2D eigenvalue weighted by atomic mass is 9.94. The Morgan fingerprint density at radius 2 is 1.22 bits per heavy atom. The van der Waals surface area contributed by atoms with E-state index in [4.69, 9.17) is 0 Å². The van der Waals surface area contributed by atoms with Crippen LogP contribution in [0.5, 0.6) is 0 Å². The van der Waals surface area contributed by atoms with Crippen LogP contribution in [0.15, 0.2) is 84.9 Å². The van der Waals surface area contributed by atoms with Crippen LogP contribution in [-0.4, -0.2) is 77.6 Å². The number of rotatable bonds is 11. The van der Waals surface area contributed by atoms with Crippen LogP contribution < -0.4 is 16.0 Å². The van der Waals surface area contributed by atoms with Crippen molar-refractivity contribution in [3.8, 4) is 0 Å². The van der Waals surface area contributed by atoms with Crippen LogP contribution in [0, 0.1) is 17.8 Å². The third-order valence-electron chi connectivity index (χ3n) is 10.5. The Morgan fingerprint density at radius 1 is 0.694 bits per heavy atom. The molecule has 2 aliphatic heterocycles. The molecule has 10 nitrogen and oxygen atoms in total. The van der Waals surface area contributed by atoms with Crippen LogP contribution in [0.3, 0.4) is 0 Å². The van der Waals surface area contributed by atoms with E-state index in [9.17, 15) is 24.0 Å². The largest absolute Gasteiger partial charge is 0.356 e. The van der Waals surface area contributed by atoms with E-state index in [2.05, 4.69) is 40.2 Å². The van der Waals surface area contributed by atoms with E-state index in [0.717, 1.165) is 18.4 Å². The highest BCUT2D eigenvalue weighted by molar-refractivity contribution is 5.97. The lowest BCUT2D eigenvalue weighted by Gasteiger charge is -2.18. The summed E-state index contributed by atoms with van der Waals surface area (Å²) < 4.78 is 0.